The van der Waals surface area contributed by atoms with E-state index in [1.165, 1.54) is 19.3 Å². The highest BCUT2D eigenvalue weighted by Gasteiger charge is 2.13. The van der Waals surface area contributed by atoms with Crippen molar-refractivity contribution in [1.29, 1.82) is 0 Å². The molecule has 3 heteroatoms. The fourth-order valence-electron chi connectivity index (χ4n) is 2.07. The smallest absolute Gasteiger partial charge is 0.210 e. The van der Waals surface area contributed by atoms with Gasteiger partial charge in [0.2, 0.25) is 9.84 Å². The Kier molecular flexibility index (Phi) is 3.86. The molecule has 2 rings (SSSR count). The van der Waals surface area contributed by atoms with Crippen LogP contribution in [0.3, 0.4) is 0 Å². The van der Waals surface area contributed by atoms with Gasteiger partial charge in [-0.1, -0.05) is 43.4 Å². The minimum Gasteiger partial charge on any atom is -0.210 e. The first kappa shape index (κ1) is 12.2. The number of hydrogen-bond acceptors (Lipinski definition) is 2. The lowest BCUT2D eigenvalue weighted by molar-refractivity contribution is 0.430. The Labute approximate surface area is 103 Å². The van der Waals surface area contributed by atoms with E-state index in [0.29, 0.717) is 4.90 Å². The molecular formula is C14H16O2S. The van der Waals surface area contributed by atoms with Gasteiger partial charge in [0.1, 0.15) is 0 Å². The van der Waals surface area contributed by atoms with Crippen molar-refractivity contribution < 1.29 is 8.42 Å². The van der Waals surface area contributed by atoms with Gasteiger partial charge in [-0.05, 0) is 25.0 Å². The van der Waals surface area contributed by atoms with Gasteiger partial charge in [0, 0.05) is 11.2 Å². The molecule has 1 saturated carbocycles. The Morgan fingerprint density at radius 3 is 2.29 bits per heavy atom. The molecule has 2 nitrogen and oxygen atoms in total. The summed E-state index contributed by atoms with van der Waals surface area (Å²) in [5.74, 6) is 3.19. The van der Waals surface area contributed by atoms with Gasteiger partial charge in [0.25, 0.3) is 0 Å². The molecule has 90 valence electrons. The van der Waals surface area contributed by atoms with Crippen molar-refractivity contribution in [3.8, 4) is 11.2 Å². The Bertz CT molecular complexity index is 514. The van der Waals surface area contributed by atoms with Crippen LogP contribution in [0.1, 0.15) is 32.1 Å². The summed E-state index contributed by atoms with van der Waals surface area (Å²) in [5, 5.41) is 2.47. The van der Waals surface area contributed by atoms with Gasteiger partial charge in [-0.2, -0.15) is 0 Å². The molecule has 1 fully saturated rings. The summed E-state index contributed by atoms with van der Waals surface area (Å²) >= 11 is 0. The van der Waals surface area contributed by atoms with E-state index in [2.05, 4.69) is 11.2 Å². The minimum absolute atomic E-state index is 0.266. The lowest BCUT2D eigenvalue weighted by Gasteiger charge is -2.15. The number of benzene rings is 1. The van der Waals surface area contributed by atoms with E-state index in [1.807, 2.05) is 0 Å². The Morgan fingerprint density at radius 2 is 1.65 bits per heavy atom. The number of sulfone groups is 1. The van der Waals surface area contributed by atoms with Gasteiger partial charge < -0.3 is 0 Å². The molecule has 1 aromatic rings. The average Bonchev–Trinajstić information content (AvgIpc) is 2.39. The first-order chi connectivity index (χ1) is 8.18. The van der Waals surface area contributed by atoms with Gasteiger partial charge in [0.15, 0.2) is 0 Å². The van der Waals surface area contributed by atoms with Crippen LogP contribution in [0.5, 0.6) is 0 Å². The molecule has 0 N–H and O–H groups in total. The molecule has 1 aliphatic carbocycles. The first-order valence-corrected chi connectivity index (χ1v) is 7.49. The lowest BCUT2D eigenvalue weighted by Crippen LogP contribution is -2.04. The molecule has 0 unspecified atom stereocenters. The topological polar surface area (TPSA) is 34.1 Å². The SMILES string of the molecule is O=S(=O)(C#CC1CCCCC1)c1ccccc1. The molecule has 0 amide bonds. The Hall–Kier alpha value is -1.27. The van der Waals surface area contributed by atoms with Crippen LogP contribution < -0.4 is 0 Å². The predicted octanol–water partition coefficient (Wildman–Crippen LogP) is 3.00. The van der Waals surface area contributed by atoms with E-state index in [0.717, 1.165) is 12.8 Å². The molecule has 0 spiro atoms. The maximum absolute atomic E-state index is 11.9. The van der Waals surface area contributed by atoms with Crippen molar-refractivity contribution in [2.75, 3.05) is 0 Å². The quantitative estimate of drug-likeness (QED) is 0.565. The van der Waals surface area contributed by atoms with Crippen molar-refractivity contribution in [2.24, 2.45) is 5.92 Å². The summed E-state index contributed by atoms with van der Waals surface area (Å²) < 4.78 is 23.8. The predicted molar refractivity (Wildman–Crippen MR) is 68.0 cm³/mol. The summed E-state index contributed by atoms with van der Waals surface area (Å²) in [4.78, 5) is 0.295. The van der Waals surface area contributed by atoms with Crippen LogP contribution in [-0.2, 0) is 9.84 Å². The zero-order valence-electron chi connectivity index (χ0n) is 9.72. The van der Waals surface area contributed by atoms with Crippen molar-refractivity contribution >= 4 is 9.84 Å². The zero-order valence-corrected chi connectivity index (χ0v) is 10.5. The van der Waals surface area contributed by atoms with E-state index in [4.69, 9.17) is 0 Å². The van der Waals surface area contributed by atoms with E-state index < -0.39 is 9.84 Å². The normalized spacial score (nSPS) is 17.2. The molecule has 0 saturated heterocycles. The molecule has 0 heterocycles. The van der Waals surface area contributed by atoms with Crippen LogP contribution >= 0.6 is 0 Å². The van der Waals surface area contributed by atoms with Gasteiger partial charge in [0.05, 0.1) is 4.90 Å². The third-order valence-electron chi connectivity index (χ3n) is 3.06. The van der Waals surface area contributed by atoms with Crippen LogP contribution in [0.4, 0.5) is 0 Å². The van der Waals surface area contributed by atoms with Crippen LogP contribution in [0.25, 0.3) is 0 Å². The van der Waals surface area contributed by atoms with Gasteiger partial charge in [-0.25, -0.2) is 8.42 Å². The molecule has 0 radical (unpaired) electrons. The molecule has 0 aromatic heterocycles. The maximum atomic E-state index is 11.9. The van der Waals surface area contributed by atoms with E-state index in [1.54, 1.807) is 30.3 Å². The Morgan fingerprint density at radius 1 is 1.00 bits per heavy atom. The van der Waals surface area contributed by atoms with E-state index in [-0.39, 0.29) is 5.92 Å². The average molecular weight is 248 g/mol. The van der Waals surface area contributed by atoms with Crippen molar-refractivity contribution in [3.05, 3.63) is 30.3 Å². The minimum atomic E-state index is -3.42. The van der Waals surface area contributed by atoms with E-state index in [9.17, 15) is 8.42 Å². The molecule has 1 aromatic carbocycles. The molecule has 0 atom stereocenters. The summed E-state index contributed by atoms with van der Waals surface area (Å²) in [6, 6.07) is 8.41. The highest BCUT2D eigenvalue weighted by molar-refractivity contribution is 7.96. The molecule has 0 bridgehead atoms. The van der Waals surface area contributed by atoms with Crippen molar-refractivity contribution in [3.63, 3.8) is 0 Å². The first-order valence-electron chi connectivity index (χ1n) is 6.01. The lowest BCUT2D eigenvalue weighted by atomic mass is 9.90. The van der Waals surface area contributed by atoms with Gasteiger partial charge >= 0.3 is 0 Å². The van der Waals surface area contributed by atoms with Gasteiger partial charge in [-0.3, -0.25) is 0 Å². The van der Waals surface area contributed by atoms with Crippen LogP contribution in [0.15, 0.2) is 35.2 Å². The monoisotopic (exact) mass is 248 g/mol. The standard InChI is InChI=1S/C14H16O2S/c15-17(16,14-9-5-2-6-10-14)12-11-13-7-3-1-4-8-13/h2,5-6,9-10,13H,1,3-4,7-8H2. The van der Waals surface area contributed by atoms with Crippen molar-refractivity contribution in [1.82, 2.24) is 0 Å². The van der Waals surface area contributed by atoms with Crippen LogP contribution in [0.2, 0.25) is 0 Å². The summed E-state index contributed by atoms with van der Waals surface area (Å²) in [5.41, 5.74) is 0. The molecule has 0 aliphatic heterocycles. The molecule has 17 heavy (non-hydrogen) atoms. The third kappa shape index (κ3) is 3.34. The second kappa shape index (κ2) is 5.37. The number of hydrogen-bond donors (Lipinski definition) is 0. The maximum Gasteiger partial charge on any atom is 0.245 e. The van der Waals surface area contributed by atoms with E-state index >= 15 is 0 Å². The number of rotatable bonds is 1. The highest BCUT2D eigenvalue weighted by Crippen LogP contribution is 2.23. The molecule has 1 aliphatic rings. The summed E-state index contributed by atoms with van der Waals surface area (Å²) in [6.07, 6.45) is 5.67. The highest BCUT2D eigenvalue weighted by atomic mass is 32.2. The summed E-state index contributed by atoms with van der Waals surface area (Å²) in [6.45, 7) is 0. The Balaban J connectivity index is 2.15. The third-order valence-corrected chi connectivity index (χ3v) is 4.34. The second-order valence-electron chi connectivity index (χ2n) is 4.40. The fourth-order valence-corrected chi connectivity index (χ4v) is 3.02. The van der Waals surface area contributed by atoms with Crippen LogP contribution in [0, 0.1) is 17.1 Å². The zero-order chi connectivity index (χ0) is 12.1. The van der Waals surface area contributed by atoms with Crippen molar-refractivity contribution in [2.45, 2.75) is 37.0 Å². The second-order valence-corrected chi connectivity index (χ2v) is 6.08. The van der Waals surface area contributed by atoms with Crippen LogP contribution in [-0.4, -0.2) is 8.42 Å². The molecular weight excluding hydrogens is 232 g/mol. The van der Waals surface area contributed by atoms with Gasteiger partial charge in [-0.15, -0.1) is 0 Å². The summed E-state index contributed by atoms with van der Waals surface area (Å²) in [7, 11) is -3.42. The fraction of sp³-hybridized carbons (Fsp3) is 0.429. The largest absolute Gasteiger partial charge is 0.245 e.